The van der Waals surface area contributed by atoms with Gasteiger partial charge in [-0.25, -0.2) is 4.39 Å². The van der Waals surface area contributed by atoms with Gasteiger partial charge in [0.15, 0.2) is 5.79 Å². The molecule has 1 atom stereocenters. The summed E-state index contributed by atoms with van der Waals surface area (Å²) in [4.78, 5) is 23.7. The maximum absolute atomic E-state index is 13.4. The third kappa shape index (κ3) is 3.73. The highest BCUT2D eigenvalue weighted by Crippen LogP contribution is 2.38. The molecule has 1 saturated carbocycles. The minimum absolute atomic E-state index is 0.205. The maximum Gasteiger partial charge on any atom is 0.313 e. The van der Waals surface area contributed by atoms with E-state index in [-0.39, 0.29) is 18.3 Å². The number of anilines is 1. The summed E-state index contributed by atoms with van der Waals surface area (Å²) < 4.78 is 25.0. The van der Waals surface area contributed by atoms with Crippen LogP contribution in [-0.4, -0.2) is 36.9 Å². The van der Waals surface area contributed by atoms with Gasteiger partial charge in [0.1, 0.15) is 11.9 Å². The highest BCUT2D eigenvalue weighted by molar-refractivity contribution is 6.39. The monoisotopic (exact) mass is 336 g/mol. The average Bonchev–Trinajstić information content (AvgIpc) is 3.19. The Morgan fingerprint density at radius 2 is 2.04 bits per heavy atom. The van der Waals surface area contributed by atoms with Crippen molar-refractivity contribution >= 4 is 17.5 Å². The third-order valence-corrected chi connectivity index (χ3v) is 4.41. The first-order valence-corrected chi connectivity index (χ1v) is 8.15. The summed E-state index contributed by atoms with van der Waals surface area (Å²) in [5, 5.41) is 4.90. The van der Waals surface area contributed by atoms with Crippen LogP contribution in [0.5, 0.6) is 0 Å². The molecule has 3 rings (SSSR count). The van der Waals surface area contributed by atoms with Gasteiger partial charge >= 0.3 is 11.8 Å². The van der Waals surface area contributed by atoms with Crippen molar-refractivity contribution in [2.24, 2.45) is 0 Å². The van der Waals surface area contributed by atoms with E-state index in [1.165, 1.54) is 12.1 Å². The molecular weight excluding hydrogens is 315 g/mol. The van der Waals surface area contributed by atoms with E-state index in [0.717, 1.165) is 25.7 Å². The first-order valence-electron chi connectivity index (χ1n) is 8.15. The summed E-state index contributed by atoms with van der Waals surface area (Å²) in [5.41, 5.74) is 0.709. The van der Waals surface area contributed by atoms with Gasteiger partial charge in [0.25, 0.3) is 0 Å². The maximum atomic E-state index is 13.4. The quantitative estimate of drug-likeness (QED) is 0.826. The van der Waals surface area contributed by atoms with E-state index in [0.29, 0.717) is 12.2 Å². The van der Waals surface area contributed by atoms with E-state index >= 15 is 0 Å². The number of hydrogen-bond donors (Lipinski definition) is 2. The van der Waals surface area contributed by atoms with Gasteiger partial charge in [-0.2, -0.15) is 0 Å². The van der Waals surface area contributed by atoms with E-state index < -0.39 is 23.4 Å². The smallest absolute Gasteiger partial charge is 0.313 e. The summed E-state index contributed by atoms with van der Waals surface area (Å²) >= 11 is 0. The van der Waals surface area contributed by atoms with Crippen LogP contribution in [0.1, 0.15) is 31.2 Å². The number of amides is 2. The number of carbonyl (C=O) groups is 2. The van der Waals surface area contributed by atoms with Gasteiger partial charge < -0.3 is 20.1 Å². The Bertz CT molecular complexity index is 643. The molecule has 1 aromatic carbocycles. The molecule has 2 aliphatic rings. The minimum Gasteiger partial charge on any atom is -0.347 e. The SMILES string of the molecule is Cc1ccc(NC(=O)C(=O)NCC2COC3(CCCC3)O2)cc1F. The lowest BCUT2D eigenvalue weighted by Crippen LogP contribution is -2.40. The molecule has 24 heavy (non-hydrogen) atoms. The molecule has 1 spiro atoms. The van der Waals surface area contributed by atoms with Gasteiger partial charge in [-0.05, 0) is 37.5 Å². The van der Waals surface area contributed by atoms with Crippen LogP contribution in [0.15, 0.2) is 18.2 Å². The lowest BCUT2D eigenvalue weighted by molar-refractivity contribution is -0.161. The largest absolute Gasteiger partial charge is 0.347 e. The topological polar surface area (TPSA) is 76.7 Å². The zero-order valence-corrected chi connectivity index (χ0v) is 13.6. The highest BCUT2D eigenvalue weighted by atomic mass is 19.1. The second-order valence-electron chi connectivity index (χ2n) is 6.30. The lowest BCUT2D eigenvalue weighted by atomic mass is 10.2. The highest BCUT2D eigenvalue weighted by Gasteiger charge is 2.43. The summed E-state index contributed by atoms with van der Waals surface area (Å²) in [5.74, 6) is -2.55. The Hall–Kier alpha value is -1.99. The van der Waals surface area contributed by atoms with Crippen molar-refractivity contribution in [3.8, 4) is 0 Å². The Morgan fingerprint density at radius 3 is 2.75 bits per heavy atom. The van der Waals surface area contributed by atoms with Crippen LogP contribution >= 0.6 is 0 Å². The molecule has 1 aromatic rings. The number of halogens is 1. The summed E-state index contributed by atoms with van der Waals surface area (Å²) in [6, 6.07) is 4.26. The Balaban J connectivity index is 1.46. The molecule has 0 radical (unpaired) electrons. The summed E-state index contributed by atoms with van der Waals surface area (Å²) in [6.45, 7) is 2.23. The Labute approximate surface area is 139 Å². The number of nitrogens with one attached hydrogen (secondary N) is 2. The third-order valence-electron chi connectivity index (χ3n) is 4.41. The molecule has 7 heteroatoms. The molecule has 6 nitrogen and oxygen atoms in total. The van der Waals surface area contributed by atoms with Gasteiger partial charge in [0.05, 0.1) is 6.61 Å². The van der Waals surface area contributed by atoms with E-state index in [1.807, 2.05) is 0 Å². The molecule has 1 heterocycles. The first kappa shape index (κ1) is 16.9. The van der Waals surface area contributed by atoms with Crippen LogP contribution in [0, 0.1) is 12.7 Å². The molecule has 1 unspecified atom stereocenters. The van der Waals surface area contributed by atoms with Gasteiger partial charge in [-0.15, -0.1) is 0 Å². The fourth-order valence-electron chi connectivity index (χ4n) is 3.04. The van der Waals surface area contributed by atoms with Crippen molar-refractivity contribution in [3.05, 3.63) is 29.6 Å². The Kier molecular flexibility index (Phi) is 4.82. The van der Waals surface area contributed by atoms with E-state index in [4.69, 9.17) is 9.47 Å². The van der Waals surface area contributed by atoms with Crippen molar-refractivity contribution in [1.82, 2.24) is 5.32 Å². The zero-order chi connectivity index (χ0) is 17.2. The number of rotatable bonds is 3. The predicted molar refractivity (Wildman–Crippen MR) is 84.8 cm³/mol. The van der Waals surface area contributed by atoms with Gasteiger partial charge in [0, 0.05) is 25.1 Å². The van der Waals surface area contributed by atoms with Crippen molar-refractivity contribution in [3.63, 3.8) is 0 Å². The van der Waals surface area contributed by atoms with Crippen molar-refractivity contribution < 1.29 is 23.5 Å². The van der Waals surface area contributed by atoms with Crippen LogP contribution in [0.2, 0.25) is 0 Å². The first-order chi connectivity index (χ1) is 11.5. The second-order valence-corrected chi connectivity index (χ2v) is 6.30. The molecule has 2 amide bonds. The van der Waals surface area contributed by atoms with Gasteiger partial charge in [0.2, 0.25) is 0 Å². The van der Waals surface area contributed by atoms with Gasteiger partial charge in [-0.3, -0.25) is 9.59 Å². The average molecular weight is 336 g/mol. The normalized spacial score (nSPS) is 21.8. The summed E-state index contributed by atoms with van der Waals surface area (Å²) in [6.07, 6.45) is 3.65. The number of ether oxygens (including phenoxy) is 2. The van der Waals surface area contributed by atoms with Crippen molar-refractivity contribution in [2.75, 3.05) is 18.5 Å². The molecule has 2 N–H and O–H groups in total. The standard InChI is InChI=1S/C17H21FN2O4/c1-11-4-5-12(8-14(11)18)20-16(22)15(21)19-9-13-10-23-17(24-13)6-2-3-7-17/h4-5,8,13H,2-3,6-7,9-10H2,1H3,(H,19,21)(H,20,22). The van der Waals surface area contributed by atoms with Crippen LogP contribution in [-0.2, 0) is 19.1 Å². The Morgan fingerprint density at radius 1 is 1.29 bits per heavy atom. The molecule has 1 aliphatic carbocycles. The van der Waals surface area contributed by atoms with Crippen molar-refractivity contribution in [1.29, 1.82) is 0 Å². The summed E-state index contributed by atoms with van der Waals surface area (Å²) in [7, 11) is 0. The van der Waals surface area contributed by atoms with Crippen molar-refractivity contribution in [2.45, 2.75) is 44.5 Å². The molecule has 130 valence electrons. The zero-order valence-electron chi connectivity index (χ0n) is 13.6. The number of hydrogen-bond acceptors (Lipinski definition) is 4. The minimum atomic E-state index is -0.840. The molecule has 1 aliphatic heterocycles. The van der Waals surface area contributed by atoms with Crippen LogP contribution in [0.4, 0.5) is 10.1 Å². The van der Waals surface area contributed by atoms with Crippen LogP contribution in [0.3, 0.4) is 0 Å². The number of aryl methyl sites for hydroxylation is 1. The fourth-order valence-corrected chi connectivity index (χ4v) is 3.04. The van der Waals surface area contributed by atoms with E-state index in [9.17, 15) is 14.0 Å². The number of carbonyl (C=O) groups excluding carboxylic acids is 2. The predicted octanol–water partition coefficient (Wildman–Crippen LogP) is 1.87. The van der Waals surface area contributed by atoms with E-state index in [1.54, 1.807) is 13.0 Å². The number of benzene rings is 1. The lowest BCUT2D eigenvalue weighted by Gasteiger charge is -2.21. The van der Waals surface area contributed by atoms with E-state index in [2.05, 4.69) is 10.6 Å². The second kappa shape index (κ2) is 6.86. The van der Waals surface area contributed by atoms with Crippen LogP contribution < -0.4 is 10.6 Å². The molecule has 0 aromatic heterocycles. The molecule has 1 saturated heterocycles. The molecule has 0 bridgehead atoms. The molecule has 2 fully saturated rings. The van der Waals surface area contributed by atoms with Crippen LogP contribution in [0.25, 0.3) is 0 Å². The fraction of sp³-hybridized carbons (Fsp3) is 0.529. The molecular formula is C17H21FN2O4. The van der Waals surface area contributed by atoms with Gasteiger partial charge in [-0.1, -0.05) is 6.07 Å².